The van der Waals surface area contributed by atoms with E-state index in [0.717, 1.165) is 59.7 Å². The van der Waals surface area contributed by atoms with Crippen molar-refractivity contribution in [2.24, 2.45) is 0 Å². The average Bonchev–Trinajstić information content (AvgIpc) is 3.17. The van der Waals surface area contributed by atoms with Gasteiger partial charge in [-0.3, -0.25) is 0 Å². The molecule has 10 nitrogen and oxygen atoms in total. The van der Waals surface area contributed by atoms with Crippen molar-refractivity contribution in [2.45, 2.75) is 25.7 Å². The molecule has 50 heavy (non-hydrogen) atoms. The van der Waals surface area contributed by atoms with Crippen molar-refractivity contribution >= 4 is 0 Å². The summed E-state index contributed by atoms with van der Waals surface area (Å²) in [4.78, 5) is 0. The van der Waals surface area contributed by atoms with Crippen molar-refractivity contribution in [3.05, 3.63) is 96.6 Å². The van der Waals surface area contributed by atoms with Crippen LogP contribution >= 0.6 is 0 Å². The molecule has 4 aromatic rings. The molecule has 0 spiro atoms. The number of pyridine rings is 2. The summed E-state index contributed by atoms with van der Waals surface area (Å²) in [5.74, 6) is 1.77. The molecule has 2 aliphatic rings. The van der Waals surface area contributed by atoms with Crippen LogP contribution in [0, 0.1) is 0 Å². The molecule has 0 N–H and O–H groups in total. The summed E-state index contributed by atoms with van der Waals surface area (Å²) < 4.78 is 50.5. The normalized spacial score (nSPS) is 18.0. The number of rotatable bonds is 3. The molecular weight excluding hydrogens is 636 g/mol. The molecule has 0 amide bonds. The van der Waals surface area contributed by atoms with Gasteiger partial charge in [0.1, 0.15) is 24.7 Å². The fraction of sp³-hybridized carbons (Fsp3) is 0.450. The highest BCUT2D eigenvalue weighted by molar-refractivity contribution is 5.61. The minimum absolute atomic E-state index is 0.490. The molecular formula is C40H50N2O8+2. The average molecular weight is 687 g/mol. The van der Waals surface area contributed by atoms with E-state index in [9.17, 15) is 0 Å². The predicted octanol–water partition coefficient (Wildman–Crippen LogP) is 4.66. The zero-order chi connectivity index (χ0) is 34.1. The quantitative estimate of drug-likeness (QED) is 0.288. The molecule has 2 aliphatic heterocycles. The van der Waals surface area contributed by atoms with E-state index in [1.165, 1.54) is 11.1 Å². The lowest BCUT2D eigenvalue weighted by molar-refractivity contribution is -0.596. The van der Waals surface area contributed by atoms with Crippen LogP contribution in [0.1, 0.15) is 24.0 Å². The molecule has 0 unspecified atom stereocenters. The predicted molar refractivity (Wildman–Crippen MR) is 187 cm³/mol. The SMILES string of the molecule is c1c[n+](-c2ccc3c(c2)OCCOCCOCCOCCC3)ccc1-c1cc[n+](-c2ccc3c(c2)OCCOCCOCCOCCC3)cc1. The minimum Gasteiger partial charge on any atom is -0.491 e. The van der Waals surface area contributed by atoms with Crippen molar-refractivity contribution in [3.8, 4) is 34.0 Å². The van der Waals surface area contributed by atoms with E-state index >= 15 is 0 Å². The third-order valence-corrected chi connectivity index (χ3v) is 8.62. The number of aromatic nitrogens is 2. The molecule has 2 aromatic heterocycles. The van der Waals surface area contributed by atoms with Crippen LogP contribution < -0.4 is 18.6 Å². The highest BCUT2D eigenvalue weighted by Gasteiger charge is 2.15. The van der Waals surface area contributed by atoms with Crippen molar-refractivity contribution in [2.75, 3.05) is 92.5 Å². The van der Waals surface area contributed by atoms with Gasteiger partial charge in [-0.15, -0.1) is 0 Å². The number of ether oxygens (including phenoxy) is 8. The Morgan fingerprint density at radius 1 is 0.360 bits per heavy atom. The van der Waals surface area contributed by atoms with Gasteiger partial charge in [0, 0.05) is 49.6 Å². The summed E-state index contributed by atoms with van der Waals surface area (Å²) in [5, 5.41) is 0. The van der Waals surface area contributed by atoms with Crippen molar-refractivity contribution in [1.29, 1.82) is 0 Å². The van der Waals surface area contributed by atoms with Gasteiger partial charge in [-0.25, -0.2) is 0 Å². The van der Waals surface area contributed by atoms with E-state index in [1.807, 2.05) is 0 Å². The first-order chi connectivity index (χ1) is 24.8. The Morgan fingerprint density at radius 2 is 0.700 bits per heavy atom. The maximum absolute atomic E-state index is 6.20. The molecule has 10 heteroatoms. The van der Waals surface area contributed by atoms with Gasteiger partial charge in [0.05, 0.1) is 78.2 Å². The van der Waals surface area contributed by atoms with Crippen molar-refractivity contribution < 1.29 is 47.0 Å². The van der Waals surface area contributed by atoms with Crippen LogP contribution in [0.15, 0.2) is 85.5 Å². The largest absolute Gasteiger partial charge is 0.491 e. The van der Waals surface area contributed by atoms with Gasteiger partial charge in [0.2, 0.25) is 11.4 Å². The fourth-order valence-electron chi connectivity index (χ4n) is 5.91. The van der Waals surface area contributed by atoms with Crippen LogP contribution in [-0.4, -0.2) is 92.5 Å². The monoisotopic (exact) mass is 686 g/mol. The molecule has 0 aliphatic carbocycles. The summed E-state index contributed by atoms with van der Waals surface area (Å²) >= 11 is 0. The molecule has 0 radical (unpaired) electrons. The fourth-order valence-corrected chi connectivity index (χ4v) is 5.91. The van der Waals surface area contributed by atoms with Gasteiger partial charge < -0.3 is 37.9 Å². The van der Waals surface area contributed by atoms with Gasteiger partial charge in [0.15, 0.2) is 24.8 Å². The first-order valence-corrected chi connectivity index (χ1v) is 17.9. The molecule has 0 fully saturated rings. The Labute approximate surface area is 295 Å². The molecule has 4 heterocycles. The lowest BCUT2D eigenvalue weighted by atomic mass is 10.1. The van der Waals surface area contributed by atoms with Crippen LogP contribution in [0.3, 0.4) is 0 Å². The van der Waals surface area contributed by atoms with E-state index in [-0.39, 0.29) is 0 Å². The Balaban J connectivity index is 1.11. The van der Waals surface area contributed by atoms with Crippen LogP contribution in [0.2, 0.25) is 0 Å². The third kappa shape index (κ3) is 11.1. The molecule has 6 rings (SSSR count). The van der Waals surface area contributed by atoms with E-state index < -0.39 is 0 Å². The Bertz CT molecular complexity index is 1460. The first-order valence-electron chi connectivity index (χ1n) is 17.9. The number of aryl methyl sites for hydroxylation is 2. The molecule has 266 valence electrons. The van der Waals surface area contributed by atoms with Gasteiger partial charge >= 0.3 is 0 Å². The summed E-state index contributed by atoms with van der Waals surface area (Å²) in [6.07, 6.45) is 12.0. The molecule has 0 saturated heterocycles. The van der Waals surface area contributed by atoms with E-state index in [4.69, 9.17) is 37.9 Å². The Morgan fingerprint density at radius 3 is 1.08 bits per heavy atom. The van der Waals surface area contributed by atoms with Crippen molar-refractivity contribution in [1.82, 2.24) is 0 Å². The van der Waals surface area contributed by atoms with Crippen molar-refractivity contribution in [3.63, 3.8) is 0 Å². The van der Waals surface area contributed by atoms with Gasteiger partial charge in [-0.1, -0.05) is 0 Å². The lowest BCUT2D eigenvalue weighted by Gasteiger charge is -2.12. The van der Waals surface area contributed by atoms with Crippen LogP contribution in [0.4, 0.5) is 0 Å². The maximum Gasteiger partial charge on any atom is 0.214 e. The number of hydrogen-bond donors (Lipinski definition) is 0. The molecule has 0 bridgehead atoms. The topological polar surface area (TPSA) is 81.6 Å². The Kier molecular flexibility index (Phi) is 14.4. The second-order valence-electron chi connectivity index (χ2n) is 12.2. The third-order valence-electron chi connectivity index (χ3n) is 8.62. The zero-order valence-corrected chi connectivity index (χ0v) is 29.0. The molecule has 0 saturated carbocycles. The van der Waals surface area contributed by atoms with Crippen LogP contribution in [0.5, 0.6) is 11.5 Å². The van der Waals surface area contributed by atoms with Crippen LogP contribution in [-0.2, 0) is 41.3 Å². The smallest absolute Gasteiger partial charge is 0.214 e. The minimum atomic E-state index is 0.490. The van der Waals surface area contributed by atoms with Gasteiger partial charge in [-0.2, -0.15) is 9.13 Å². The zero-order valence-electron chi connectivity index (χ0n) is 29.0. The highest BCUT2D eigenvalue weighted by atomic mass is 16.6. The van der Waals surface area contributed by atoms with Gasteiger partial charge in [-0.05, 0) is 60.1 Å². The second kappa shape index (κ2) is 20.1. The summed E-state index contributed by atoms with van der Waals surface area (Å²) in [6.45, 7) is 8.03. The van der Waals surface area contributed by atoms with E-state index in [1.54, 1.807) is 0 Å². The highest BCUT2D eigenvalue weighted by Crippen LogP contribution is 2.25. The molecule has 0 atom stereocenters. The maximum atomic E-state index is 6.20. The van der Waals surface area contributed by atoms with E-state index in [0.29, 0.717) is 92.5 Å². The number of hydrogen-bond acceptors (Lipinski definition) is 8. The van der Waals surface area contributed by atoms with E-state index in [2.05, 4.69) is 94.6 Å². The number of fused-ring (bicyclic) bond motifs is 2. The summed E-state index contributed by atoms with van der Waals surface area (Å²) in [6, 6.07) is 21.4. The lowest BCUT2D eigenvalue weighted by Crippen LogP contribution is -2.30. The molecule has 2 aromatic carbocycles. The standard InChI is InChI=1S/C40H50N2O8/c1-3-35-5-7-37(31-39(35)49-29-27-47-25-23-45-21-19-43-17-1)41-13-9-33(10-14-41)34-11-15-42(16-12-34)38-8-6-36-4-2-18-44-20-22-46-24-26-48-28-30-50-40(36)32-38/h5-16,31-32H,1-4,17-30H2/q+2. The number of nitrogens with zero attached hydrogens (tertiary/aromatic N) is 2. The summed E-state index contributed by atoms with van der Waals surface area (Å²) in [5.41, 5.74) is 6.70. The Hall–Kier alpha value is -3.90. The first kappa shape index (κ1) is 35.9. The number of benzene rings is 2. The van der Waals surface area contributed by atoms with Gasteiger partial charge in [0.25, 0.3) is 0 Å². The second-order valence-corrected chi connectivity index (χ2v) is 12.2. The van der Waals surface area contributed by atoms with Crippen LogP contribution in [0.25, 0.3) is 22.5 Å². The summed E-state index contributed by atoms with van der Waals surface area (Å²) in [7, 11) is 0.